The molecule has 0 aliphatic carbocycles. The van der Waals surface area contributed by atoms with Crippen molar-refractivity contribution in [2.75, 3.05) is 33.0 Å². The first-order valence-corrected chi connectivity index (χ1v) is 12.7. The molecule has 0 aromatic rings. The summed E-state index contributed by atoms with van der Waals surface area (Å²) in [5, 5.41) is 0. The van der Waals surface area contributed by atoms with Crippen LogP contribution in [-0.2, 0) is 4.74 Å². The van der Waals surface area contributed by atoms with E-state index < -0.39 is 0 Å². The lowest BCUT2D eigenvalue weighted by Gasteiger charge is -2.35. The maximum Gasteiger partial charge on any atom is 0.183 e. The van der Waals surface area contributed by atoms with Gasteiger partial charge in [0.05, 0.1) is 26.2 Å². The highest BCUT2D eigenvalue weighted by Gasteiger charge is 2.20. The summed E-state index contributed by atoms with van der Waals surface area (Å²) in [6.07, 6.45) is 22.9. The fourth-order valence-electron chi connectivity index (χ4n) is 3.96. The van der Waals surface area contributed by atoms with Gasteiger partial charge in [0.25, 0.3) is 0 Å². The fraction of sp³-hybridized carbons (Fsp3) is 1.00. The van der Waals surface area contributed by atoms with Crippen molar-refractivity contribution in [3.05, 3.63) is 0 Å². The van der Waals surface area contributed by atoms with Crippen molar-refractivity contribution in [1.82, 2.24) is 0 Å². The molecule has 0 aliphatic heterocycles. The van der Waals surface area contributed by atoms with Gasteiger partial charge in [-0.15, -0.1) is 0 Å². The van der Waals surface area contributed by atoms with Gasteiger partial charge in [-0.05, 0) is 27.2 Å². The Morgan fingerprint density at radius 1 is 0.464 bits per heavy atom. The second-order valence-corrected chi connectivity index (χ2v) is 8.63. The van der Waals surface area contributed by atoms with Crippen molar-refractivity contribution >= 4 is 0 Å². The molecule has 0 saturated carbocycles. The number of rotatable bonds is 22. The van der Waals surface area contributed by atoms with Crippen LogP contribution in [0.15, 0.2) is 0 Å². The SMILES string of the molecule is CCCCCCCCCCCCCCCCCCOC[N+](CC)(CC)CC.[Cl-]. The first-order chi connectivity index (χ1) is 13.2. The third-order valence-corrected chi connectivity index (χ3v) is 6.52. The Morgan fingerprint density at radius 3 is 1.11 bits per heavy atom. The van der Waals surface area contributed by atoms with Crippen LogP contribution in [0.5, 0.6) is 0 Å². The number of ether oxygens (including phenoxy) is 1. The molecule has 0 aromatic carbocycles. The van der Waals surface area contributed by atoms with Gasteiger partial charge < -0.3 is 21.6 Å². The van der Waals surface area contributed by atoms with Gasteiger partial charge in [0.1, 0.15) is 0 Å². The van der Waals surface area contributed by atoms with Crippen molar-refractivity contribution < 1.29 is 21.6 Å². The molecule has 0 rings (SSSR count). The van der Waals surface area contributed by atoms with Gasteiger partial charge in [-0.1, -0.05) is 103 Å². The van der Waals surface area contributed by atoms with E-state index in [1.807, 2.05) is 0 Å². The number of hydrogen-bond acceptors (Lipinski definition) is 1. The molecule has 0 aliphatic rings. The second kappa shape index (κ2) is 23.5. The Kier molecular flexibility index (Phi) is 25.5. The van der Waals surface area contributed by atoms with Gasteiger partial charge in [-0.25, -0.2) is 0 Å². The molecule has 0 bridgehead atoms. The van der Waals surface area contributed by atoms with Gasteiger partial charge >= 0.3 is 0 Å². The average molecular weight is 420 g/mol. The Hall–Kier alpha value is 0.210. The third kappa shape index (κ3) is 18.3. The predicted octanol–water partition coefficient (Wildman–Crippen LogP) is 5.10. The first kappa shape index (κ1) is 30.4. The molecule has 0 radical (unpaired) electrons. The number of unbranched alkanes of at least 4 members (excludes halogenated alkanes) is 15. The topological polar surface area (TPSA) is 9.23 Å². The van der Waals surface area contributed by atoms with Crippen LogP contribution in [0, 0.1) is 0 Å². The Morgan fingerprint density at radius 2 is 0.786 bits per heavy atom. The van der Waals surface area contributed by atoms with Crippen LogP contribution in [0.1, 0.15) is 130 Å². The van der Waals surface area contributed by atoms with Crippen LogP contribution in [0.4, 0.5) is 0 Å². The minimum absolute atomic E-state index is 0. The van der Waals surface area contributed by atoms with E-state index in [-0.39, 0.29) is 12.4 Å². The summed E-state index contributed by atoms with van der Waals surface area (Å²) in [6, 6.07) is 0. The average Bonchev–Trinajstić information content (AvgIpc) is 2.70. The number of halogens is 1. The molecule has 28 heavy (non-hydrogen) atoms. The maximum atomic E-state index is 5.96. The molecular weight excluding hydrogens is 366 g/mol. The summed E-state index contributed by atoms with van der Waals surface area (Å²) in [6.45, 7) is 14.6. The molecule has 172 valence electrons. The van der Waals surface area contributed by atoms with Gasteiger partial charge in [-0.2, -0.15) is 0 Å². The predicted molar refractivity (Wildman–Crippen MR) is 122 cm³/mol. The smallest absolute Gasteiger partial charge is 0.183 e. The van der Waals surface area contributed by atoms with Gasteiger partial charge in [0.2, 0.25) is 0 Å². The van der Waals surface area contributed by atoms with Crippen molar-refractivity contribution in [2.24, 2.45) is 0 Å². The molecule has 0 atom stereocenters. The molecule has 3 heteroatoms. The fourth-order valence-corrected chi connectivity index (χ4v) is 3.96. The van der Waals surface area contributed by atoms with Crippen LogP contribution in [0.3, 0.4) is 0 Å². The van der Waals surface area contributed by atoms with Crippen LogP contribution in [0.2, 0.25) is 0 Å². The highest BCUT2D eigenvalue weighted by molar-refractivity contribution is 4.50. The van der Waals surface area contributed by atoms with Gasteiger partial charge in [0.15, 0.2) is 6.73 Å². The molecule has 0 heterocycles. The molecule has 0 spiro atoms. The highest BCUT2D eigenvalue weighted by atomic mass is 35.5. The number of nitrogens with zero attached hydrogens (tertiary/aromatic N) is 1. The van der Waals surface area contributed by atoms with Crippen LogP contribution in [0.25, 0.3) is 0 Å². The van der Waals surface area contributed by atoms with Crippen LogP contribution < -0.4 is 12.4 Å². The van der Waals surface area contributed by atoms with E-state index in [0.717, 1.165) is 17.8 Å². The van der Waals surface area contributed by atoms with E-state index in [1.54, 1.807) is 0 Å². The van der Waals surface area contributed by atoms with E-state index in [2.05, 4.69) is 27.7 Å². The number of hydrogen-bond donors (Lipinski definition) is 0. The molecule has 0 fully saturated rings. The van der Waals surface area contributed by atoms with Gasteiger partial charge in [0, 0.05) is 0 Å². The van der Waals surface area contributed by atoms with E-state index in [0.29, 0.717) is 0 Å². The lowest BCUT2D eigenvalue weighted by molar-refractivity contribution is -0.941. The van der Waals surface area contributed by atoms with E-state index in [9.17, 15) is 0 Å². The minimum Gasteiger partial charge on any atom is -1.00 e. The standard InChI is InChI=1S/C25H54NO.ClH/c1-5-9-10-11-12-13-14-15-16-17-18-19-20-21-22-23-24-27-25-26(6-2,7-3)8-4;/h5-25H2,1-4H3;1H/q+1;/p-1. The highest BCUT2D eigenvalue weighted by Crippen LogP contribution is 2.14. The summed E-state index contributed by atoms with van der Waals surface area (Å²) in [5.74, 6) is 0. The monoisotopic (exact) mass is 419 g/mol. The molecule has 0 N–H and O–H groups in total. The van der Waals surface area contributed by atoms with Crippen molar-refractivity contribution in [2.45, 2.75) is 130 Å². The quantitative estimate of drug-likeness (QED) is 0.135. The minimum atomic E-state index is 0. The summed E-state index contributed by atoms with van der Waals surface area (Å²) < 4.78 is 7.07. The van der Waals surface area contributed by atoms with Crippen molar-refractivity contribution in [1.29, 1.82) is 0 Å². The van der Waals surface area contributed by atoms with Crippen molar-refractivity contribution in [3.63, 3.8) is 0 Å². The largest absolute Gasteiger partial charge is 1.00 e. The summed E-state index contributed by atoms with van der Waals surface area (Å²) >= 11 is 0. The van der Waals surface area contributed by atoms with Gasteiger partial charge in [-0.3, -0.25) is 0 Å². The second-order valence-electron chi connectivity index (χ2n) is 8.63. The zero-order chi connectivity index (χ0) is 20.1. The summed E-state index contributed by atoms with van der Waals surface area (Å²) in [7, 11) is 0. The lowest BCUT2D eigenvalue weighted by Crippen LogP contribution is -3.00. The van der Waals surface area contributed by atoms with Crippen LogP contribution >= 0.6 is 0 Å². The molecule has 0 aromatic heterocycles. The molecule has 0 amide bonds. The Labute approximate surface area is 185 Å². The van der Waals surface area contributed by atoms with E-state index >= 15 is 0 Å². The van der Waals surface area contributed by atoms with E-state index in [1.165, 1.54) is 122 Å². The molecule has 2 nitrogen and oxygen atoms in total. The lowest BCUT2D eigenvalue weighted by atomic mass is 10.0. The zero-order valence-electron chi connectivity index (χ0n) is 20.1. The summed E-state index contributed by atoms with van der Waals surface area (Å²) in [5.41, 5.74) is 0. The van der Waals surface area contributed by atoms with E-state index in [4.69, 9.17) is 4.74 Å². The maximum absolute atomic E-state index is 5.96. The first-order valence-electron chi connectivity index (χ1n) is 12.7. The summed E-state index contributed by atoms with van der Waals surface area (Å²) in [4.78, 5) is 0. The molecule has 0 unspecified atom stereocenters. The molecular formula is C25H54ClNO. The van der Waals surface area contributed by atoms with Crippen molar-refractivity contribution in [3.8, 4) is 0 Å². The third-order valence-electron chi connectivity index (χ3n) is 6.52. The normalized spacial score (nSPS) is 11.6. The van der Waals surface area contributed by atoms with Crippen LogP contribution in [-0.4, -0.2) is 37.5 Å². The number of quaternary nitrogens is 1. The molecule has 0 saturated heterocycles. The zero-order valence-corrected chi connectivity index (χ0v) is 20.8. The Balaban J connectivity index is 0. The Bertz CT molecular complexity index is 273.